The minimum absolute atomic E-state index is 0.0163. The molecule has 0 bridgehead atoms. The number of allylic oxidation sites excluding steroid dienone is 2. The second-order valence-corrected chi connectivity index (χ2v) is 9.60. The van der Waals surface area contributed by atoms with Gasteiger partial charge in [0.2, 0.25) is 5.91 Å². The first-order valence-corrected chi connectivity index (χ1v) is 12.1. The number of nitrogens with zero attached hydrogens (tertiary/aromatic N) is 1. The fourth-order valence-electron chi connectivity index (χ4n) is 3.37. The first-order chi connectivity index (χ1) is 13.3. The predicted octanol–water partition coefficient (Wildman–Crippen LogP) is 5.46. The summed E-state index contributed by atoms with van der Waals surface area (Å²) in [4.78, 5) is 17.6. The Labute approximate surface area is 171 Å². The monoisotopic (exact) mass is 414 g/mol. The SMILES string of the molecule is O=C(NCCSCc1ccsc1)[C@H]1CC=CC[C@@H]1c1nc2ccccc2s1. The van der Waals surface area contributed by atoms with E-state index in [1.54, 1.807) is 22.7 Å². The van der Waals surface area contributed by atoms with E-state index in [0.717, 1.165) is 41.4 Å². The van der Waals surface area contributed by atoms with E-state index in [0.29, 0.717) is 0 Å². The lowest BCUT2D eigenvalue weighted by Gasteiger charge is -2.26. The molecule has 1 aliphatic carbocycles. The molecular formula is C21H22N2OS3. The molecule has 0 spiro atoms. The molecule has 2 heterocycles. The molecule has 0 fully saturated rings. The van der Waals surface area contributed by atoms with Gasteiger partial charge in [0.05, 0.1) is 21.1 Å². The van der Waals surface area contributed by atoms with Gasteiger partial charge >= 0.3 is 0 Å². The first kappa shape index (κ1) is 18.7. The van der Waals surface area contributed by atoms with Crippen LogP contribution in [0, 0.1) is 5.92 Å². The first-order valence-electron chi connectivity index (χ1n) is 9.18. The summed E-state index contributed by atoms with van der Waals surface area (Å²) in [6.45, 7) is 0.723. The Hall–Kier alpha value is -1.63. The molecule has 0 aliphatic heterocycles. The van der Waals surface area contributed by atoms with Gasteiger partial charge in [0.15, 0.2) is 0 Å². The number of benzene rings is 1. The van der Waals surface area contributed by atoms with Crippen molar-refractivity contribution in [3.63, 3.8) is 0 Å². The van der Waals surface area contributed by atoms with Crippen molar-refractivity contribution in [3.05, 3.63) is 63.8 Å². The van der Waals surface area contributed by atoms with Crippen LogP contribution in [0.3, 0.4) is 0 Å². The van der Waals surface area contributed by atoms with Gasteiger partial charge in [-0.2, -0.15) is 23.1 Å². The van der Waals surface area contributed by atoms with Gasteiger partial charge in [-0.25, -0.2) is 4.98 Å². The van der Waals surface area contributed by atoms with E-state index in [2.05, 4.69) is 40.4 Å². The third-order valence-corrected chi connectivity index (χ3v) is 7.72. The maximum atomic E-state index is 12.8. The van der Waals surface area contributed by atoms with E-state index in [1.165, 1.54) is 10.3 Å². The summed E-state index contributed by atoms with van der Waals surface area (Å²) in [7, 11) is 0. The minimum atomic E-state index is -0.0163. The summed E-state index contributed by atoms with van der Waals surface area (Å²) in [6.07, 6.45) is 6.02. The maximum Gasteiger partial charge on any atom is 0.224 e. The molecule has 140 valence electrons. The Bertz CT molecular complexity index is 884. The Balaban J connectivity index is 1.34. The van der Waals surface area contributed by atoms with E-state index in [4.69, 9.17) is 4.98 Å². The summed E-state index contributed by atoms with van der Waals surface area (Å²) in [6, 6.07) is 10.4. The number of hydrogen-bond acceptors (Lipinski definition) is 5. The lowest BCUT2D eigenvalue weighted by Crippen LogP contribution is -2.36. The van der Waals surface area contributed by atoms with E-state index in [-0.39, 0.29) is 17.7 Å². The van der Waals surface area contributed by atoms with Crippen LogP contribution >= 0.6 is 34.4 Å². The van der Waals surface area contributed by atoms with Crippen LogP contribution in [-0.2, 0) is 10.5 Å². The fraction of sp³-hybridized carbons (Fsp3) is 0.333. The zero-order valence-electron chi connectivity index (χ0n) is 15.0. The third kappa shape index (κ3) is 4.62. The Morgan fingerprint density at radius 3 is 2.96 bits per heavy atom. The molecular weight excluding hydrogens is 392 g/mol. The lowest BCUT2D eigenvalue weighted by atomic mass is 9.82. The van der Waals surface area contributed by atoms with Crippen molar-refractivity contribution in [2.75, 3.05) is 12.3 Å². The van der Waals surface area contributed by atoms with Crippen molar-refractivity contribution < 1.29 is 4.79 Å². The van der Waals surface area contributed by atoms with Crippen LogP contribution in [0.15, 0.2) is 53.2 Å². The molecule has 4 rings (SSSR count). The number of thiazole rings is 1. The molecule has 1 N–H and O–H groups in total. The molecule has 0 radical (unpaired) electrons. The molecule has 3 nitrogen and oxygen atoms in total. The summed E-state index contributed by atoms with van der Waals surface area (Å²) >= 11 is 5.33. The van der Waals surface area contributed by atoms with Crippen molar-refractivity contribution in [2.24, 2.45) is 5.92 Å². The highest BCUT2D eigenvalue weighted by Crippen LogP contribution is 2.38. The molecule has 2 aromatic heterocycles. The highest BCUT2D eigenvalue weighted by molar-refractivity contribution is 7.98. The zero-order valence-corrected chi connectivity index (χ0v) is 17.4. The van der Waals surface area contributed by atoms with Crippen LogP contribution in [0.1, 0.15) is 29.3 Å². The number of carbonyl (C=O) groups excluding carboxylic acids is 1. The number of amides is 1. The van der Waals surface area contributed by atoms with Crippen molar-refractivity contribution >= 4 is 50.6 Å². The summed E-state index contributed by atoms with van der Waals surface area (Å²) in [5, 5.41) is 8.53. The van der Waals surface area contributed by atoms with E-state index in [1.807, 2.05) is 30.0 Å². The zero-order chi connectivity index (χ0) is 18.5. The third-order valence-electron chi connectivity index (χ3n) is 4.79. The number of nitrogens with one attached hydrogen (secondary N) is 1. The number of para-hydroxylation sites is 1. The molecule has 27 heavy (non-hydrogen) atoms. The second kappa shape index (κ2) is 9.04. The minimum Gasteiger partial charge on any atom is -0.355 e. The van der Waals surface area contributed by atoms with Crippen LogP contribution in [0.5, 0.6) is 0 Å². The molecule has 1 aliphatic rings. The molecule has 1 amide bonds. The van der Waals surface area contributed by atoms with E-state index in [9.17, 15) is 4.79 Å². The van der Waals surface area contributed by atoms with Gasteiger partial charge in [-0.05, 0) is 47.4 Å². The quantitative estimate of drug-likeness (QED) is 0.412. The normalized spacial score (nSPS) is 19.4. The van der Waals surface area contributed by atoms with Gasteiger partial charge < -0.3 is 5.32 Å². The number of thiophene rings is 1. The number of carbonyl (C=O) groups is 1. The average molecular weight is 415 g/mol. The second-order valence-electron chi connectivity index (χ2n) is 6.65. The number of hydrogen-bond donors (Lipinski definition) is 1. The van der Waals surface area contributed by atoms with Crippen LogP contribution < -0.4 is 5.32 Å². The topological polar surface area (TPSA) is 42.0 Å². The number of fused-ring (bicyclic) bond motifs is 1. The van der Waals surface area contributed by atoms with Crippen LogP contribution in [-0.4, -0.2) is 23.2 Å². The lowest BCUT2D eigenvalue weighted by molar-refractivity contribution is -0.125. The molecule has 0 saturated heterocycles. The molecule has 1 aromatic carbocycles. The molecule has 0 saturated carbocycles. The predicted molar refractivity (Wildman–Crippen MR) is 118 cm³/mol. The van der Waals surface area contributed by atoms with Gasteiger partial charge in [-0.15, -0.1) is 11.3 Å². The number of thioether (sulfide) groups is 1. The van der Waals surface area contributed by atoms with Gasteiger partial charge in [0, 0.05) is 24.0 Å². The summed E-state index contributed by atoms with van der Waals surface area (Å²) in [5.41, 5.74) is 2.40. The molecule has 6 heteroatoms. The molecule has 0 unspecified atom stereocenters. The van der Waals surface area contributed by atoms with Gasteiger partial charge in [-0.3, -0.25) is 4.79 Å². The smallest absolute Gasteiger partial charge is 0.224 e. The van der Waals surface area contributed by atoms with Crippen molar-refractivity contribution in [1.82, 2.24) is 10.3 Å². The van der Waals surface area contributed by atoms with Gasteiger partial charge in [0.1, 0.15) is 0 Å². The fourth-order valence-corrected chi connectivity index (χ4v) is 6.09. The highest BCUT2D eigenvalue weighted by atomic mass is 32.2. The van der Waals surface area contributed by atoms with Gasteiger partial charge in [-0.1, -0.05) is 24.3 Å². The van der Waals surface area contributed by atoms with Gasteiger partial charge in [0.25, 0.3) is 0 Å². The molecule has 3 aromatic rings. The van der Waals surface area contributed by atoms with Crippen LogP contribution in [0.2, 0.25) is 0 Å². The van der Waals surface area contributed by atoms with Crippen LogP contribution in [0.25, 0.3) is 10.2 Å². The van der Waals surface area contributed by atoms with E-state index >= 15 is 0 Å². The highest BCUT2D eigenvalue weighted by Gasteiger charge is 2.32. The van der Waals surface area contributed by atoms with Crippen molar-refractivity contribution in [3.8, 4) is 0 Å². The van der Waals surface area contributed by atoms with E-state index < -0.39 is 0 Å². The van der Waals surface area contributed by atoms with Crippen molar-refractivity contribution in [1.29, 1.82) is 0 Å². The Morgan fingerprint density at radius 1 is 1.22 bits per heavy atom. The molecule has 2 atom stereocenters. The van der Waals surface area contributed by atoms with Crippen LogP contribution in [0.4, 0.5) is 0 Å². The standard InChI is InChI=1S/C21H22N2OS3/c24-20(22-10-12-26-14-15-9-11-25-13-15)16-5-1-2-6-17(16)21-23-18-7-3-4-8-19(18)27-21/h1-4,7-9,11,13,16-17H,5-6,10,12,14H2,(H,22,24)/t16-,17-/m0/s1. The average Bonchev–Trinajstić information content (AvgIpc) is 3.37. The summed E-state index contributed by atoms with van der Waals surface area (Å²) in [5.74, 6) is 2.29. The summed E-state index contributed by atoms with van der Waals surface area (Å²) < 4.78 is 1.20. The maximum absolute atomic E-state index is 12.8. The number of aromatic nitrogens is 1. The number of rotatable bonds is 7. The Kier molecular flexibility index (Phi) is 6.27. The van der Waals surface area contributed by atoms with Crippen molar-refractivity contribution in [2.45, 2.75) is 24.5 Å². The largest absolute Gasteiger partial charge is 0.355 e. The Morgan fingerprint density at radius 2 is 2.11 bits per heavy atom.